The van der Waals surface area contributed by atoms with E-state index in [1.54, 1.807) is 24.9 Å². The normalized spacial score (nSPS) is 10.8. The van der Waals surface area contributed by atoms with Crippen LogP contribution in [0.2, 0.25) is 5.02 Å². The van der Waals surface area contributed by atoms with Crippen molar-refractivity contribution in [2.24, 2.45) is 0 Å². The second-order valence-electron chi connectivity index (χ2n) is 3.69. The maximum atomic E-state index is 5.87. The summed E-state index contributed by atoms with van der Waals surface area (Å²) in [6.45, 7) is 0.431. The van der Waals surface area contributed by atoms with Crippen molar-refractivity contribution in [3.8, 4) is 0 Å². The van der Waals surface area contributed by atoms with Gasteiger partial charge in [-0.05, 0) is 18.2 Å². The van der Waals surface area contributed by atoms with Crippen LogP contribution in [-0.2, 0) is 17.1 Å². The van der Waals surface area contributed by atoms with Gasteiger partial charge < -0.3 is 15.0 Å². The number of ether oxygens (including phenoxy) is 1. The van der Waals surface area contributed by atoms with E-state index in [9.17, 15) is 0 Å². The van der Waals surface area contributed by atoms with Gasteiger partial charge in [-0.1, -0.05) is 16.8 Å². The standard InChI is InChI=1S/C12H13ClN2O2S/c1-16-6-10-5-9(15-17-10)7-18-12-3-2-8(13)4-11(12)14/h2-5H,6-7,14H2,1H3. The zero-order valence-electron chi connectivity index (χ0n) is 9.85. The largest absolute Gasteiger partial charge is 0.398 e. The molecular weight excluding hydrogens is 272 g/mol. The molecule has 0 saturated heterocycles. The third-order valence-electron chi connectivity index (χ3n) is 2.24. The summed E-state index contributed by atoms with van der Waals surface area (Å²) in [5, 5.41) is 4.59. The molecule has 18 heavy (non-hydrogen) atoms. The van der Waals surface area contributed by atoms with E-state index in [2.05, 4.69) is 5.16 Å². The fourth-order valence-corrected chi connectivity index (χ4v) is 2.45. The quantitative estimate of drug-likeness (QED) is 0.674. The number of hydrogen-bond donors (Lipinski definition) is 1. The molecule has 0 aliphatic heterocycles. The van der Waals surface area contributed by atoms with E-state index in [1.165, 1.54) is 0 Å². The highest BCUT2D eigenvalue weighted by molar-refractivity contribution is 7.98. The Labute approximate surface area is 114 Å². The van der Waals surface area contributed by atoms with E-state index in [0.717, 1.165) is 16.3 Å². The van der Waals surface area contributed by atoms with Gasteiger partial charge in [-0.15, -0.1) is 11.8 Å². The minimum atomic E-state index is 0.431. The average Bonchev–Trinajstić information content (AvgIpc) is 2.76. The number of anilines is 1. The Balaban J connectivity index is 1.97. The van der Waals surface area contributed by atoms with Crippen molar-refractivity contribution >= 4 is 29.1 Å². The van der Waals surface area contributed by atoms with E-state index >= 15 is 0 Å². The third-order valence-corrected chi connectivity index (χ3v) is 3.60. The van der Waals surface area contributed by atoms with E-state index < -0.39 is 0 Å². The summed E-state index contributed by atoms with van der Waals surface area (Å²) in [7, 11) is 1.62. The van der Waals surface area contributed by atoms with Crippen LogP contribution in [0.4, 0.5) is 5.69 Å². The molecule has 96 valence electrons. The van der Waals surface area contributed by atoms with Crippen LogP contribution in [0.5, 0.6) is 0 Å². The summed E-state index contributed by atoms with van der Waals surface area (Å²) in [5.74, 6) is 1.41. The lowest BCUT2D eigenvalue weighted by Crippen LogP contribution is -1.89. The van der Waals surface area contributed by atoms with Crippen LogP contribution in [0.3, 0.4) is 0 Å². The summed E-state index contributed by atoms with van der Waals surface area (Å²) in [6, 6.07) is 7.34. The van der Waals surface area contributed by atoms with Crippen LogP contribution < -0.4 is 5.73 Å². The van der Waals surface area contributed by atoms with Crippen molar-refractivity contribution in [1.29, 1.82) is 0 Å². The van der Waals surface area contributed by atoms with Gasteiger partial charge >= 0.3 is 0 Å². The van der Waals surface area contributed by atoms with Gasteiger partial charge in [0.15, 0.2) is 5.76 Å². The number of hydrogen-bond acceptors (Lipinski definition) is 5. The molecule has 0 aliphatic carbocycles. The van der Waals surface area contributed by atoms with E-state index in [1.807, 2.05) is 18.2 Å². The number of nitrogens with zero attached hydrogens (tertiary/aromatic N) is 1. The number of rotatable bonds is 5. The Bertz CT molecular complexity index is 531. The van der Waals surface area contributed by atoms with Crippen molar-refractivity contribution in [2.45, 2.75) is 17.3 Å². The number of halogens is 1. The van der Waals surface area contributed by atoms with Crippen molar-refractivity contribution in [2.75, 3.05) is 12.8 Å². The fourth-order valence-electron chi connectivity index (χ4n) is 1.44. The molecule has 1 aromatic carbocycles. The van der Waals surface area contributed by atoms with Crippen molar-refractivity contribution in [3.63, 3.8) is 0 Å². The summed E-state index contributed by atoms with van der Waals surface area (Å²) in [6.07, 6.45) is 0. The first-order valence-corrected chi connectivity index (χ1v) is 6.66. The van der Waals surface area contributed by atoms with Crippen molar-refractivity contribution < 1.29 is 9.26 Å². The molecule has 0 saturated carbocycles. The summed E-state index contributed by atoms with van der Waals surface area (Å²) in [4.78, 5) is 0.982. The van der Waals surface area contributed by atoms with Crippen LogP contribution >= 0.6 is 23.4 Å². The maximum Gasteiger partial charge on any atom is 0.162 e. The predicted octanol–water partition coefficient (Wildman–Crippen LogP) is 3.35. The molecule has 0 fully saturated rings. The van der Waals surface area contributed by atoms with Crippen LogP contribution in [0.1, 0.15) is 11.5 Å². The second-order valence-corrected chi connectivity index (χ2v) is 5.14. The highest BCUT2D eigenvalue weighted by atomic mass is 35.5. The molecule has 0 spiro atoms. The smallest absolute Gasteiger partial charge is 0.162 e. The molecule has 2 aromatic rings. The Morgan fingerprint density at radius 3 is 3.00 bits per heavy atom. The van der Waals surface area contributed by atoms with Gasteiger partial charge in [-0.2, -0.15) is 0 Å². The zero-order chi connectivity index (χ0) is 13.0. The van der Waals surface area contributed by atoms with Gasteiger partial charge in [0.25, 0.3) is 0 Å². The minimum Gasteiger partial charge on any atom is -0.398 e. The van der Waals surface area contributed by atoms with Gasteiger partial charge in [0.1, 0.15) is 6.61 Å². The first-order chi connectivity index (χ1) is 8.69. The fraction of sp³-hybridized carbons (Fsp3) is 0.250. The number of thioether (sulfide) groups is 1. The average molecular weight is 285 g/mol. The van der Waals surface area contributed by atoms with Crippen molar-refractivity contribution in [3.05, 3.63) is 40.7 Å². The SMILES string of the molecule is COCc1cc(CSc2ccc(Cl)cc2N)no1. The highest BCUT2D eigenvalue weighted by Crippen LogP contribution is 2.30. The van der Waals surface area contributed by atoms with Crippen LogP contribution in [0.25, 0.3) is 0 Å². The topological polar surface area (TPSA) is 61.3 Å². The minimum absolute atomic E-state index is 0.431. The van der Waals surface area contributed by atoms with Gasteiger partial charge in [-0.3, -0.25) is 0 Å². The monoisotopic (exact) mass is 284 g/mol. The molecule has 1 heterocycles. The molecule has 0 bridgehead atoms. The first-order valence-electron chi connectivity index (χ1n) is 5.30. The third kappa shape index (κ3) is 3.41. The molecule has 0 atom stereocenters. The summed E-state index contributed by atoms with van der Waals surface area (Å²) in [5.41, 5.74) is 7.41. The molecule has 0 unspecified atom stereocenters. The van der Waals surface area contributed by atoms with Crippen molar-refractivity contribution in [1.82, 2.24) is 5.16 Å². The zero-order valence-corrected chi connectivity index (χ0v) is 11.4. The molecule has 4 nitrogen and oxygen atoms in total. The molecule has 0 aliphatic rings. The van der Waals surface area contributed by atoms with E-state index in [0.29, 0.717) is 23.1 Å². The Morgan fingerprint density at radius 2 is 2.28 bits per heavy atom. The van der Waals surface area contributed by atoms with Crippen LogP contribution in [0, 0.1) is 0 Å². The lowest BCUT2D eigenvalue weighted by atomic mass is 10.3. The van der Waals surface area contributed by atoms with E-state index in [-0.39, 0.29) is 0 Å². The molecule has 2 N–H and O–H groups in total. The van der Waals surface area contributed by atoms with Crippen LogP contribution in [-0.4, -0.2) is 12.3 Å². The highest BCUT2D eigenvalue weighted by Gasteiger charge is 2.06. The van der Waals surface area contributed by atoms with Gasteiger partial charge in [-0.25, -0.2) is 0 Å². The van der Waals surface area contributed by atoms with E-state index in [4.69, 9.17) is 26.6 Å². The van der Waals surface area contributed by atoms with Gasteiger partial charge in [0, 0.05) is 34.5 Å². The molecule has 0 amide bonds. The summed E-state index contributed by atoms with van der Waals surface area (Å²) >= 11 is 7.44. The molecule has 6 heteroatoms. The molecule has 2 rings (SSSR count). The predicted molar refractivity (Wildman–Crippen MR) is 72.6 cm³/mol. The molecular formula is C12H13ClN2O2S. The number of nitrogen functional groups attached to an aromatic ring is 1. The first kappa shape index (κ1) is 13.3. The number of aromatic nitrogens is 1. The summed E-state index contributed by atoms with van der Waals surface area (Å²) < 4.78 is 10.1. The number of methoxy groups -OCH3 is 1. The van der Waals surface area contributed by atoms with Gasteiger partial charge in [0.2, 0.25) is 0 Å². The number of nitrogens with two attached hydrogens (primary N) is 1. The molecule has 1 aromatic heterocycles. The molecule has 0 radical (unpaired) electrons. The lowest BCUT2D eigenvalue weighted by Gasteiger charge is -2.03. The number of benzene rings is 1. The maximum absolute atomic E-state index is 5.87. The Morgan fingerprint density at radius 1 is 1.44 bits per heavy atom. The Kier molecular flexibility index (Phi) is 4.52. The van der Waals surface area contributed by atoms with Crippen LogP contribution in [0.15, 0.2) is 33.7 Å². The Hall–Kier alpha value is -1.17. The van der Waals surface area contributed by atoms with Gasteiger partial charge in [0.05, 0.1) is 5.69 Å². The lowest BCUT2D eigenvalue weighted by molar-refractivity contribution is 0.156. The second kappa shape index (κ2) is 6.13.